The SMILES string of the molecule is CCc1cc(C)cc(OCCOc2ccc(/C=C(/C#N)C(=O)Nc3nnc(C4CCCCC4)s3)cc2OC)c1. The van der Waals surface area contributed by atoms with Gasteiger partial charge in [-0.15, -0.1) is 10.2 Å². The van der Waals surface area contributed by atoms with E-state index in [1.165, 1.54) is 42.2 Å². The molecule has 1 N–H and O–H groups in total. The third-order valence-electron chi connectivity index (χ3n) is 6.61. The molecule has 1 amide bonds. The van der Waals surface area contributed by atoms with Crippen LogP contribution in [0.2, 0.25) is 0 Å². The summed E-state index contributed by atoms with van der Waals surface area (Å²) in [7, 11) is 1.54. The molecule has 0 spiro atoms. The van der Waals surface area contributed by atoms with E-state index in [9.17, 15) is 10.1 Å². The molecular weight excluding hydrogens is 512 g/mol. The van der Waals surface area contributed by atoms with Gasteiger partial charge >= 0.3 is 0 Å². The molecule has 39 heavy (non-hydrogen) atoms. The van der Waals surface area contributed by atoms with Crippen molar-refractivity contribution in [2.75, 3.05) is 25.6 Å². The highest BCUT2D eigenvalue weighted by atomic mass is 32.1. The second-order valence-electron chi connectivity index (χ2n) is 9.52. The minimum Gasteiger partial charge on any atom is -0.493 e. The van der Waals surface area contributed by atoms with Gasteiger partial charge in [0.2, 0.25) is 5.13 Å². The lowest BCUT2D eigenvalue weighted by molar-refractivity contribution is -0.112. The summed E-state index contributed by atoms with van der Waals surface area (Å²) in [6.07, 6.45) is 8.32. The first-order valence-electron chi connectivity index (χ1n) is 13.3. The number of amides is 1. The standard InChI is InChI=1S/C30H34N4O4S/c1-4-21-14-20(2)15-25(17-21)37-12-13-38-26-11-10-22(18-27(26)36-3)16-24(19-31)28(35)32-30-34-33-29(39-30)23-8-6-5-7-9-23/h10-11,14-18,23H,4-9,12-13H2,1-3H3,(H,32,34,35)/b24-16-. The van der Waals surface area contributed by atoms with Gasteiger partial charge in [0.1, 0.15) is 35.6 Å². The van der Waals surface area contributed by atoms with E-state index in [1.807, 2.05) is 18.2 Å². The van der Waals surface area contributed by atoms with Crippen molar-refractivity contribution in [1.82, 2.24) is 10.2 Å². The van der Waals surface area contributed by atoms with E-state index in [4.69, 9.17) is 14.2 Å². The minimum absolute atomic E-state index is 0.0434. The number of methoxy groups -OCH3 is 1. The molecule has 0 saturated heterocycles. The summed E-state index contributed by atoms with van der Waals surface area (Å²) in [6, 6.07) is 13.4. The smallest absolute Gasteiger partial charge is 0.268 e. The second-order valence-corrected chi connectivity index (χ2v) is 10.5. The average Bonchev–Trinajstić information content (AvgIpc) is 3.42. The molecule has 1 heterocycles. The second kappa shape index (κ2) is 13.8. The molecule has 0 radical (unpaired) electrons. The first-order valence-corrected chi connectivity index (χ1v) is 14.1. The number of nitrogens with one attached hydrogen (secondary N) is 1. The summed E-state index contributed by atoms with van der Waals surface area (Å²) in [5.41, 5.74) is 2.98. The third-order valence-corrected chi connectivity index (χ3v) is 7.61. The summed E-state index contributed by atoms with van der Waals surface area (Å²) in [4.78, 5) is 12.8. The van der Waals surface area contributed by atoms with Gasteiger partial charge < -0.3 is 14.2 Å². The van der Waals surface area contributed by atoms with Gasteiger partial charge in [-0.2, -0.15) is 5.26 Å². The highest BCUT2D eigenvalue weighted by Crippen LogP contribution is 2.35. The molecule has 1 aliphatic rings. The fourth-order valence-electron chi connectivity index (χ4n) is 4.60. The monoisotopic (exact) mass is 546 g/mol. The van der Waals surface area contributed by atoms with Crippen LogP contribution >= 0.6 is 11.3 Å². The van der Waals surface area contributed by atoms with Gasteiger partial charge in [-0.1, -0.05) is 49.7 Å². The molecule has 3 aromatic rings. The van der Waals surface area contributed by atoms with Crippen molar-refractivity contribution in [3.8, 4) is 23.3 Å². The average molecular weight is 547 g/mol. The van der Waals surface area contributed by atoms with Crippen LogP contribution in [0.15, 0.2) is 42.0 Å². The Bertz CT molecular complexity index is 1360. The number of anilines is 1. The number of carbonyl (C=O) groups is 1. The molecular formula is C30H34N4O4S. The van der Waals surface area contributed by atoms with Crippen LogP contribution in [0.1, 0.15) is 66.6 Å². The molecule has 0 aliphatic heterocycles. The molecule has 9 heteroatoms. The Morgan fingerprint density at radius 1 is 1.10 bits per heavy atom. The van der Waals surface area contributed by atoms with Gasteiger partial charge in [-0.25, -0.2) is 0 Å². The molecule has 4 rings (SSSR count). The van der Waals surface area contributed by atoms with Crippen molar-refractivity contribution in [1.29, 1.82) is 5.26 Å². The Morgan fingerprint density at radius 2 is 1.90 bits per heavy atom. The van der Waals surface area contributed by atoms with Gasteiger partial charge in [0.25, 0.3) is 5.91 Å². The first kappa shape index (κ1) is 28.1. The number of nitriles is 1. The van der Waals surface area contributed by atoms with Crippen LogP contribution in [0.3, 0.4) is 0 Å². The number of carbonyl (C=O) groups excluding carboxylic acids is 1. The van der Waals surface area contributed by atoms with Crippen molar-refractivity contribution in [3.05, 3.63) is 63.7 Å². The Labute approximate surface area is 233 Å². The summed E-state index contributed by atoms with van der Waals surface area (Å²) >= 11 is 1.38. The number of aromatic nitrogens is 2. The lowest BCUT2D eigenvalue weighted by Crippen LogP contribution is -2.13. The summed E-state index contributed by atoms with van der Waals surface area (Å²) in [6.45, 7) is 4.88. The zero-order valence-corrected chi connectivity index (χ0v) is 23.5. The molecule has 8 nitrogen and oxygen atoms in total. The van der Waals surface area contributed by atoms with E-state index in [-0.39, 0.29) is 5.57 Å². The number of hydrogen-bond donors (Lipinski definition) is 1. The number of ether oxygens (including phenoxy) is 3. The Morgan fingerprint density at radius 3 is 2.64 bits per heavy atom. The minimum atomic E-state index is -0.525. The number of aryl methyl sites for hydroxylation is 2. The van der Waals surface area contributed by atoms with Gasteiger partial charge in [-0.05, 0) is 73.2 Å². The molecule has 1 fully saturated rings. The van der Waals surface area contributed by atoms with Crippen LogP contribution in [-0.4, -0.2) is 36.4 Å². The third kappa shape index (κ3) is 7.80. The normalized spacial score (nSPS) is 13.9. The molecule has 0 unspecified atom stereocenters. The number of hydrogen-bond acceptors (Lipinski definition) is 8. The Balaban J connectivity index is 1.35. The van der Waals surface area contributed by atoms with E-state index in [1.54, 1.807) is 25.3 Å². The molecule has 2 aromatic carbocycles. The van der Waals surface area contributed by atoms with Crippen LogP contribution in [0.25, 0.3) is 6.08 Å². The van der Waals surface area contributed by atoms with E-state index in [0.29, 0.717) is 41.3 Å². The quantitative estimate of drug-likeness (QED) is 0.167. The van der Waals surface area contributed by atoms with Crippen LogP contribution in [-0.2, 0) is 11.2 Å². The molecule has 1 saturated carbocycles. The molecule has 0 atom stereocenters. The Hall–Kier alpha value is -3.90. The van der Waals surface area contributed by atoms with E-state index in [0.717, 1.165) is 35.6 Å². The number of rotatable bonds is 11. The largest absolute Gasteiger partial charge is 0.493 e. The fraction of sp³-hybridized carbons (Fsp3) is 0.400. The fourth-order valence-corrected chi connectivity index (χ4v) is 5.50. The van der Waals surface area contributed by atoms with Crippen molar-refractivity contribution < 1.29 is 19.0 Å². The van der Waals surface area contributed by atoms with Crippen molar-refractivity contribution >= 4 is 28.5 Å². The maximum atomic E-state index is 12.8. The van der Waals surface area contributed by atoms with Crippen LogP contribution in [0, 0.1) is 18.3 Å². The number of nitrogens with zero attached hydrogens (tertiary/aromatic N) is 3. The maximum absolute atomic E-state index is 12.8. The summed E-state index contributed by atoms with van der Waals surface area (Å²) in [5, 5.41) is 22.1. The van der Waals surface area contributed by atoms with Gasteiger partial charge in [-0.3, -0.25) is 10.1 Å². The molecule has 0 bridgehead atoms. The molecule has 204 valence electrons. The zero-order chi connectivity index (χ0) is 27.6. The first-order chi connectivity index (χ1) is 19.0. The highest BCUT2D eigenvalue weighted by molar-refractivity contribution is 7.15. The molecule has 1 aliphatic carbocycles. The van der Waals surface area contributed by atoms with Gasteiger partial charge in [0.05, 0.1) is 7.11 Å². The van der Waals surface area contributed by atoms with Gasteiger partial charge in [0.15, 0.2) is 11.5 Å². The molecule has 1 aromatic heterocycles. The van der Waals surface area contributed by atoms with Crippen LogP contribution < -0.4 is 19.5 Å². The van der Waals surface area contributed by atoms with Crippen molar-refractivity contribution in [2.24, 2.45) is 0 Å². The van der Waals surface area contributed by atoms with Crippen molar-refractivity contribution in [2.45, 2.75) is 58.3 Å². The van der Waals surface area contributed by atoms with Crippen molar-refractivity contribution in [3.63, 3.8) is 0 Å². The maximum Gasteiger partial charge on any atom is 0.268 e. The Kier molecular flexibility index (Phi) is 9.92. The lowest BCUT2D eigenvalue weighted by Gasteiger charge is -2.18. The van der Waals surface area contributed by atoms with Crippen LogP contribution in [0.5, 0.6) is 17.2 Å². The van der Waals surface area contributed by atoms with Crippen LogP contribution in [0.4, 0.5) is 5.13 Å². The van der Waals surface area contributed by atoms with E-state index in [2.05, 4.69) is 35.4 Å². The predicted octanol–water partition coefficient (Wildman–Crippen LogP) is 6.47. The highest BCUT2D eigenvalue weighted by Gasteiger charge is 2.21. The lowest BCUT2D eigenvalue weighted by atomic mass is 9.90. The van der Waals surface area contributed by atoms with E-state index < -0.39 is 5.91 Å². The van der Waals surface area contributed by atoms with Gasteiger partial charge in [0, 0.05) is 5.92 Å². The summed E-state index contributed by atoms with van der Waals surface area (Å²) < 4.78 is 17.2. The summed E-state index contributed by atoms with van der Waals surface area (Å²) in [5.74, 6) is 1.74. The van der Waals surface area contributed by atoms with E-state index >= 15 is 0 Å². The zero-order valence-electron chi connectivity index (χ0n) is 22.7. The topological polar surface area (TPSA) is 106 Å². The number of benzene rings is 2. The predicted molar refractivity (Wildman–Crippen MR) is 152 cm³/mol.